The van der Waals surface area contributed by atoms with Crippen LogP contribution in [0.3, 0.4) is 0 Å². The zero-order chi connectivity index (χ0) is 22.7. The molecule has 0 radical (unpaired) electrons. The van der Waals surface area contributed by atoms with Gasteiger partial charge in [-0.1, -0.05) is 6.07 Å². The van der Waals surface area contributed by atoms with Crippen molar-refractivity contribution in [2.45, 2.75) is 25.3 Å². The maximum Gasteiger partial charge on any atom is 0.319 e. The van der Waals surface area contributed by atoms with Crippen molar-refractivity contribution in [2.75, 3.05) is 36.4 Å². The zero-order valence-electron chi connectivity index (χ0n) is 17.4. The summed E-state index contributed by atoms with van der Waals surface area (Å²) < 4.78 is 13.0. The maximum absolute atomic E-state index is 13.0. The van der Waals surface area contributed by atoms with Crippen molar-refractivity contribution in [3.8, 4) is 0 Å². The van der Waals surface area contributed by atoms with Crippen molar-refractivity contribution < 1.29 is 18.9 Å². The quantitative estimate of drug-likeness (QED) is 0.548. The van der Waals surface area contributed by atoms with E-state index in [0.717, 1.165) is 5.56 Å². The number of anilines is 2. The molecule has 3 amide bonds. The first-order valence-electron chi connectivity index (χ1n) is 10.5. The van der Waals surface area contributed by atoms with Crippen LogP contribution in [-0.4, -0.2) is 54.0 Å². The Balaban J connectivity index is 1.25. The normalized spacial score (nSPS) is 16.5. The molecule has 0 aromatic heterocycles. The van der Waals surface area contributed by atoms with Crippen LogP contribution in [0, 0.1) is 15.9 Å². The van der Waals surface area contributed by atoms with Crippen LogP contribution in [0.1, 0.15) is 18.4 Å². The van der Waals surface area contributed by atoms with E-state index in [0.29, 0.717) is 50.3 Å². The zero-order valence-corrected chi connectivity index (χ0v) is 17.4. The van der Waals surface area contributed by atoms with E-state index in [9.17, 15) is 24.1 Å². The summed E-state index contributed by atoms with van der Waals surface area (Å²) in [6.45, 7) is 2.07. The molecular weight excluding hydrogens is 417 g/mol. The van der Waals surface area contributed by atoms with E-state index >= 15 is 0 Å². The molecule has 0 bridgehead atoms. The van der Waals surface area contributed by atoms with E-state index in [1.807, 2.05) is 4.90 Å². The molecule has 0 spiro atoms. The molecule has 0 aliphatic carbocycles. The van der Waals surface area contributed by atoms with E-state index < -0.39 is 4.92 Å². The number of halogens is 1. The fraction of sp³-hybridized carbons (Fsp3) is 0.364. The predicted octanol–water partition coefficient (Wildman–Crippen LogP) is 2.91. The number of nitrogens with zero attached hydrogens (tertiary/aromatic N) is 3. The van der Waals surface area contributed by atoms with Gasteiger partial charge in [-0.2, -0.15) is 0 Å². The Hall–Kier alpha value is -3.53. The van der Waals surface area contributed by atoms with Crippen molar-refractivity contribution in [2.24, 2.45) is 0 Å². The SMILES string of the molecule is O=C(Nc1ccc(F)cc1)NC1CCN(CC(=O)N2CCc3ccc([N+](=O)[O-])cc32)CC1. The Kier molecular flexibility index (Phi) is 6.31. The minimum Gasteiger partial charge on any atom is -0.335 e. The number of nitro groups is 1. The van der Waals surface area contributed by atoms with Crippen LogP contribution in [0.4, 0.5) is 26.2 Å². The highest BCUT2D eigenvalue weighted by Gasteiger charge is 2.29. The monoisotopic (exact) mass is 441 g/mol. The average molecular weight is 441 g/mol. The summed E-state index contributed by atoms with van der Waals surface area (Å²) in [4.78, 5) is 39.3. The van der Waals surface area contributed by atoms with Crippen LogP contribution in [-0.2, 0) is 11.2 Å². The molecule has 168 valence electrons. The standard InChI is InChI=1S/C22H24FN5O4/c23-16-2-4-17(5-3-16)24-22(30)25-18-8-10-26(11-9-18)14-21(29)27-12-7-15-1-6-19(28(31)32)13-20(15)27/h1-6,13,18H,7-12,14H2,(H2,24,25,30). The van der Waals surface area contributed by atoms with Gasteiger partial charge in [0.2, 0.25) is 5.91 Å². The first-order chi connectivity index (χ1) is 15.4. The fourth-order valence-electron chi connectivity index (χ4n) is 4.14. The molecule has 32 heavy (non-hydrogen) atoms. The number of amides is 3. The molecule has 10 heteroatoms. The summed E-state index contributed by atoms with van der Waals surface area (Å²) in [7, 11) is 0. The third kappa shape index (κ3) is 5.02. The molecule has 2 aliphatic heterocycles. The second-order valence-electron chi connectivity index (χ2n) is 8.02. The summed E-state index contributed by atoms with van der Waals surface area (Å²) in [5.74, 6) is -0.446. The number of hydrogen-bond acceptors (Lipinski definition) is 5. The molecule has 2 aromatic carbocycles. The molecule has 4 rings (SSSR count). The number of carbonyl (C=O) groups is 2. The van der Waals surface area contributed by atoms with Gasteiger partial charge in [0.1, 0.15) is 5.82 Å². The van der Waals surface area contributed by atoms with E-state index in [1.165, 1.54) is 36.4 Å². The second-order valence-corrected chi connectivity index (χ2v) is 8.02. The number of likely N-dealkylation sites (tertiary alicyclic amines) is 1. The fourth-order valence-corrected chi connectivity index (χ4v) is 4.14. The van der Waals surface area contributed by atoms with Crippen molar-refractivity contribution in [1.82, 2.24) is 10.2 Å². The molecule has 1 saturated heterocycles. The Morgan fingerprint density at radius 3 is 2.50 bits per heavy atom. The highest BCUT2D eigenvalue weighted by atomic mass is 19.1. The minimum atomic E-state index is -0.453. The molecular formula is C22H24FN5O4. The van der Waals surface area contributed by atoms with Gasteiger partial charge in [-0.25, -0.2) is 9.18 Å². The second kappa shape index (κ2) is 9.31. The third-order valence-corrected chi connectivity index (χ3v) is 5.86. The molecule has 2 N–H and O–H groups in total. The van der Waals surface area contributed by atoms with Crippen molar-refractivity contribution >= 4 is 29.0 Å². The first-order valence-corrected chi connectivity index (χ1v) is 10.5. The Labute approximate surface area is 184 Å². The minimum absolute atomic E-state index is 0.0167. The van der Waals surface area contributed by atoms with Crippen molar-refractivity contribution in [3.63, 3.8) is 0 Å². The average Bonchev–Trinajstić information content (AvgIpc) is 3.20. The highest BCUT2D eigenvalue weighted by Crippen LogP contribution is 2.31. The van der Waals surface area contributed by atoms with E-state index in [4.69, 9.17) is 0 Å². The van der Waals surface area contributed by atoms with Gasteiger partial charge in [0.15, 0.2) is 0 Å². The molecule has 0 saturated carbocycles. The topological polar surface area (TPSA) is 108 Å². The third-order valence-electron chi connectivity index (χ3n) is 5.86. The summed E-state index contributed by atoms with van der Waals surface area (Å²) >= 11 is 0. The number of hydrogen-bond donors (Lipinski definition) is 2. The van der Waals surface area contributed by atoms with Crippen LogP contribution in [0.25, 0.3) is 0 Å². The van der Waals surface area contributed by atoms with Gasteiger partial charge < -0.3 is 15.5 Å². The number of non-ortho nitro benzene ring substituents is 1. The highest BCUT2D eigenvalue weighted by molar-refractivity contribution is 5.97. The lowest BCUT2D eigenvalue weighted by Crippen LogP contribution is -2.48. The first kappa shape index (κ1) is 21.7. The number of fused-ring (bicyclic) bond motifs is 1. The molecule has 0 atom stereocenters. The van der Waals surface area contributed by atoms with Crippen molar-refractivity contribution in [1.29, 1.82) is 0 Å². The largest absolute Gasteiger partial charge is 0.335 e. The van der Waals surface area contributed by atoms with Crippen LogP contribution in [0.2, 0.25) is 0 Å². The van der Waals surface area contributed by atoms with Gasteiger partial charge in [-0.15, -0.1) is 0 Å². The van der Waals surface area contributed by atoms with Gasteiger partial charge in [-0.05, 0) is 49.1 Å². The van der Waals surface area contributed by atoms with Crippen LogP contribution in [0.15, 0.2) is 42.5 Å². The molecule has 2 heterocycles. The smallest absolute Gasteiger partial charge is 0.319 e. The number of rotatable bonds is 5. The summed E-state index contributed by atoms with van der Waals surface area (Å²) in [5.41, 5.74) is 2.06. The number of nitrogens with one attached hydrogen (secondary N) is 2. The molecule has 1 fully saturated rings. The lowest BCUT2D eigenvalue weighted by molar-refractivity contribution is -0.384. The van der Waals surface area contributed by atoms with Crippen LogP contribution < -0.4 is 15.5 Å². The lowest BCUT2D eigenvalue weighted by atomic mass is 10.1. The van der Waals surface area contributed by atoms with E-state index in [1.54, 1.807) is 11.0 Å². The number of carbonyl (C=O) groups excluding carboxylic acids is 2. The Morgan fingerprint density at radius 2 is 1.81 bits per heavy atom. The van der Waals surface area contributed by atoms with Crippen LogP contribution >= 0.6 is 0 Å². The summed E-state index contributed by atoms with van der Waals surface area (Å²) in [5, 5.41) is 16.7. The Bertz CT molecular complexity index is 1020. The predicted molar refractivity (Wildman–Crippen MR) is 117 cm³/mol. The van der Waals surface area contributed by atoms with Crippen LogP contribution in [0.5, 0.6) is 0 Å². The van der Waals surface area contributed by atoms with E-state index in [2.05, 4.69) is 10.6 Å². The summed E-state index contributed by atoms with van der Waals surface area (Å²) in [6, 6.07) is 9.84. The molecule has 9 nitrogen and oxygen atoms in total. The van der Waals surface area contributed by atoms with E-state index in [-0.39, 0.29) is 36.0 Å². The summed E-state index contributed by atoms with van der Waals surface area (Å²) in [6.07, 6.45) is 2.09. The number of urea groups is 1. The number of nitro benzene ring substituents is 1. The molecule has 2 aromatic rings. The van der Waals surface area contributed by atoms with Gasteiger partial charge in [-0.3, -0.25) is 19.8 Å². The van der Waals surface area contributed by atoms with Gasteiger partial charge >= 0.3 is 6.03 Å². The number of piperidine rings is 1. The maximum atomic E-state index is 13.0. The molecule has 0 unspecified atom stereocenters. The lowest BCUT2D eigenvalue weighted by Gasteiger charge is -2.32. The van der Waals surface area contributed by atoms with Gasteiger partial charge in [0.25, 0.3) is 5.69 Å². The molecule has 2 aliphatic rings. The Morgan fingerprint density at radius 1 is 1.09 bits per heavy atom. The number of benzene rings is 2. The van der Waals surface area contributed by atoms with Gasteiger partial charge in [0.05, 0.1) is 17.2 Å². The van der Waals surface area contributed by atoms with Crippen molar-refractivity contribution in [3.05, 3.63) is 64.0 Å². The van der Waals surface area contributed by atoms with Gasteiger partial charge in [0, 0.05) is 43.5 Å².